The third-order valence-corrected chi connectivity index (χ3v) is 2.16. The molecule has 0 spiro atoms. The van der Waals surface area contributed by atoms with Crippen LogP contribution in [0.5, 0.6) is 0 Å². The third kappa shape index (κ3) is 4.30. The van der Waals surface area contributed by atoms with Crippen molar-refractivity contribution in [3.05, 3.63) is 32.9 Å². The zero-order chi connectivity index (χ0) is 13.2. The first kappa shape index (κ1) is 13.9. The van der Waals surface area contributed by atoms with Gasteiger partial charge >= 0.3 is 5.97 Å². The first-order valence-corrected chi connectivity index (χ1v) is 5.76. The zero-order valence-electron chi connectivity index (χ0n) is 9.79. The lowest BCUT2D eigenvalue weighted by atomic mass is 10.2. The Hall–Kier alpha value is -1.17. The average Bonchev–Trinajstić information content (AvgIpc) is 2.10. The maximum absolute atomic E-state index is 13.1. The van der Waals surface area contributed by atoms with E-state index in [1.165, 1.54) is 6.20 Å². The van der Waals surface area contributed by atoms with Crippen molar-refractivity contribution >= 4 is 21.9 Å². The summed E-state index contributed by atoms with van der Waals surface area (Å²) in [6.45, 7) is 4.84. The number of halogens is 2. The number of rotatable bonds is 2. The van der Waals surface area contributed by atoms with Crippen LogP contribution in [0.1, 0.15) is 20.8 Å². The Morgan fingerprint density at radius 3 is 2.65 bits per heavy atom. The summed E-state index contributed by atoms with van der Waals surface area (Å²) >= 11 is 3.05. The molecule has 0 bridgehead atoms. The minimum atomic E-state index is -0.914. The molecule has 0 aliphatic heterocycles. The molecule has 0 aromatic carbocycles. The summed E-state index contributed by atoms with van der Waals surface area (Å²) in [7, 11) is 0. The standard InChI is InChI=1S/C11H13BrFNO3/c1-11(2,3)17-9(15)6-14-5-7(12)4-8(13)10(14)16/h4-5H,6H2,1-3H3. The summed E-state index contributed by atoms with van der Waals surface area (Å²) in [5, 5.41) is 0. The predicted molar refractivity (Wildman–Crippen MR) is 64.2 cm³/mol. The van der Waals surface area contributed by atoms with E-state index in [0.717, 1.165) is 10.6 Å². The topological polar surface area (TPSA) is 48.3 Å². The Kier molecular flexibility index (Phi) is 4.08. The smallest absolute Gasteiger partial charge is 0.326 e. The van der Waals surface area contributed by atoms with Gasteiger partial charge in [0.05, 0.1) is 0 Å². The number of ether oxygens (including phenoxy) is 1. The normalized spacial score (nSPS) is 11.4. The van der Waals surface area contributed by atoms with E-state index in [1.54, 1.807) is 20.8 Å². The van der Waals surface area contributed by atoms with E-state index in [0.29, 0.717) is 4.47 Å². The second-order valence-corrected chi connectivity index (χ2v) is 5.44. The Morgan fingerprint density at radius 1 is 1.53 bits per heavy atom. The zero-order valence-corrected chi connectivity index (χ0v) is 11.4. The van der Waals surface area contributed by atoms with Crippen LogP contribution in [0.25, 0.3) is 0 Å². The number of carbonyl (C=O) groups excluding carboxylic acids is 1. The fraction of sp³-hybridized carbons (Fsp3) is 0.455. The number of pyridine rings is 1. The Morgan fingerprint density at radius 2 is 2.12 bits per heavy atom. The van der Waals surface area contributed by atoms with Gasteiger partial charge in [0.25, 0.3) is 5.56 Å². The van der Waals surface area contributed by atoms with Crippen molar-refractivity contribution in [1.29, 1.82) is 0 Å². The molecule has 1 rings (SSSR count). The number of hydrogen-bond donors (Lipinski definition) is 0. The van der Waals surface area contributed by atoms with E-state index < -0.39 is 22.9 Å². The first-order chi connectivity index (χ1) is 7.69. The summed E-state index contributed by atoms with van der Waals surface area (Å²) in [6.07, 6.45) is 1.34. The highest BCUT2D eigenvalue weighted by molar-refractivity contribution is 9.10. The van der Waals surface area contributed by atoms with Crippen LogP contribution < -0.4 is 5.56 Å². The minimum absolute atomic E-state index is 0.313. The van der Waals surface area contributed by atoms with Crippen LogP contribution in [-0.4, -0.2) is 16.1 Å². The van der Waals surface area contributed by atoms with Crippen LogP contribution in [0.4, 0.5) is 4.39 Å². The lowest BCUT2D eigenvalue weighted by Crippen LogP contribution is -2.31. The highest BCUT2D eigenvalue weighted by Crippen LogP contribution is 2.10. The molecule has 1 aromatic rings. The summed E-state index contributed by atoms with van der Waals surface area (Å²) in [5.41, 5.74) is -1.48. The fourth-order valence-electron chi connectivity index (χ4n) is 1.20. The van der Waals surface area contributed by atoms with Gasteiger partial charge in [-0.15, -0.1) is 0 Å². The Balaban J connectivity index is 2.89. The van der Waals surface area contributed by atoms with Gasteiger partial charge in [-0.25, -0.2) is 4.39 Å². The Labute approximate surface area is 107 Å². The van der Waals surface area contributed by atoms with E-state index in [2.05, 4.69) is 15.9 Å². The van der Waals surface area contributed by atoms with E-state index in [-0.39, 0.29) is 6.54 Å². The van der Waals surface area contributed by atoms with E-state index >= 15 is 0 Å². The molecule has 0 saturated heterocycles. The molecule has 0 N–H and O–H groups in total. The van der Waals surface area contributed by atoms with Gasteiger partial charge < -0.3 is 9.30 Å². The van der Waals surface area contributed by atoms with Crippen molar-refractivity contribution in [1.82, 2.24) is 4.57 Å². The summed E-state index contributed by atoms with van der Waals surface area (Å²) in [4.78, 5) is 22.9. The molecule has 0 radical (unpaired) electrons. The van der Waals surface area contributed by atoms with E-state index in [1.807, 2.05) is 0 Å². The van der Waals surface area contributed by atoms with Gasteiger partial charge in [0.15, 0.2) is 5.82 Å². The molecule has 1 aromatic heterocycles. The van der Waals surface area contributed by atoms with Crippen molar-refractivity contribution < 1.29 is 13.9 Å². The lowest BCUT2D eigenvalue weighted by molar-refractivity contribution is -0.155. The summed E-state index contributed by atoms with van der Waals surface area (Å²) in [5.74, 6) is -1.50. The minimum Gasteiger partial charge on any atom is -0.459 e. The van der Waals surface area contributed by atoms with E-state index in [9.17, 15) is 14.0 Å². The van der Waals surface area contributed by atoms with Crippen molar-refractivity contribution in [3.8, 4) is 0 Å². The molecule has 0 aliphatic rings. The van der Waals surface area contributed by atoms with Gasteiger partial charge in [-0.3, -0.25) is 9.59 Å². The van der Waals surface area contributed by atoms with E-state index in [4.69, 9.17) is 4.74 Å². The van der Waals surface area contributed by atoms with Gasteiger partial charge in [-0.1, -0.05) is 0 Å². The number of hydrogen-bond acceptors (Lipinski definition) is 3. The number of aromatic nitrogens is 1. The van der Waals surface area contributed by atoms with Gasteiger partial charge in [-0.2, -0.15) is 0 Å². The molecule has 4 nitrogen and oxygen atoms in total. The predicted octanol–water partition coefficient (Wildman–Crippen LogP) is 2.09. The van der Waals surface area contributed by atoms with Crippen molar-refractivity contribution in [2.45, 2.75) is 32.9 Å². The van der Waals surface area contributed by atoms with Crippen molar-refractivity contribution in [2.24, 2.45) is 0 Å². The van der Waals surface area contributed by atoms with Crippen LogP contribution in [-0.2, 0) is 16.1 Å². The van der Waals surface area contributed by atoms with Crippen LogP contribution >= 0.6 is 15.9 Å². The largest absolute Gasteiger partial charge is 0.459 e. The lowest BCUT2D eigenvalue weighted by Gasteiger charge is -2.19. The monoisotopic (exact) mass is 305 g/mol. The van der Waals surface area contributed by atoms with Gasteiger partial charge in [-0.05, 0) is 42.8 Å². The first-order valence-electron chi connectivity index (χ1n) is 4.96. The van der Waals surface area contributed by atoms with Crippen LogP contribution in [0, 0.1) is 5.82 Å². The molecule has 17 heavy (non-hydrogen) atoms. The molecule has 0 fully saturated rings. The fourth-order valence-corrected chi connectivity index (χ4v) is 1.64. The average molecular weight is 306 g/mol. The maximum Gasteiger partial charge on any atom is 0.326 e. The number of nitrogens with zero attached hydrogens (tertiary/aromatic N) is 1. The van der Waals surface area contributed by atoms with Gasteiger partial charge in [0.1, 0.15) is 12.1 Å². The quantitative estimate of drug-likeness (QED) is 0.786. The number of carbonyl (C=O) groups is 1. The SMILES string of the molecule is CC(C)(C)OC(=O)Cn1cc(Br)cc(F)c1=O. The third-order valence-electron chi connectivity index (χ3n) is 1.73. The molecule has 94 valence electrons. The molecular weight excluding hydrogens is 293 g/mol. The van der Waals surface area contributed by atoms with Crippen LogP contribution in [0.15, 0.2) is 21.5 Å². The second kappa shape index (κ2) is 5.00. The molecule has 0 amide bonds. The summed E-state index contributed by atoms with van der Waals surface area (Å²) in [6, 6.07) is 1.05. The molecule has 6 heteroatoms. The molecule has 0 aliphatic carbocycles. The molecule has 0 saturated carbocycles. The highest BCUT2D eigenvalue weighted by atomic mass is 79.9. The van der Waals surface area contributed by atoms with Gasteiger partial charge in [0, 0.05) is 10.7 Å². The maximum atomic E-state index is 13.1. The second-order valence-electron chi connectivity index (χ2n) is 4.53. The molecule has 0 atom stereocenters. The van der Waals surface area contributed by atoms with Crippen molar-refractivity contribution in [2.75, 3.05) is 0 Å². The Bertz CT molecular complexity index is 490. The van der Waals surface area contributed by atoms with Crippen LogP contribution in [0.3, 0.4) is 0 Å². The van der Waals surface area contributed by atoms with Crippen LogP contribution in [0.2, 0.25) is 0 Å². The summed E-state index contributed by atoms with van der Waals surface area (Å²) < 4.78 is 19.5. The number of esters is 1. The molecular formula is C11H13BrFNO3. The molecule has 1 heterocycles. The van der Waals surface area contributed by atoms with Gasteiger partial charge in [0.2, 0.25) is 0 Å². The van der Waals surface area contributed by atoms with Crippen molar-refractivity contribution in [3.63, 3.8) is 0 Å². The molecule has 0 unspecified atom stereocenters. The highest BCUT2D eigenvalue weighted by Gasteiger charge is 2.17.